The van der Waals surface area contributed by atoms with Crippen molar-refractivity contribution in [1.29, 1.82) is 0 Å². The first-order valence-corrected chi connectivity index (χ1v) is 8.35. The fourth-order valence-electron chi connectivity index (χ4n) is 1.52. The lowest BCUT2D eigenvalue weighted by atomic mass is 10.4. The number of benzene rings is 1. The summed E-state index contributed by atoms with van der Waals surface area (Å²) in [5.41, 5.74) is 0. The Morgan fingerprint density at radius 3 is 2.00 bits per heavy atom. The predicted octanol–water partition coefficient (Wildman–Crippen LogP) is 0.365. The van der Waals surface area contributed by atoms with Gasteiger partial charge in [-0.2, -0.15) is 4.31 Å². The molecule has 0 aromatic heterocycles. The van der Waals surface area contributed by atoms with Gasteiger partial charge in [0.25, 0.3) is 0 Å². The van der Waals surface area contributed by atoms with Gasteiger partial charge in [0.2, 0.25) is 20.0 Å². The minimum Gasteiger partial charge on any atom is -0.225 e. The molecule has 0 bridgehead atoms. The summed E-state index contributed by atoms with van der Waals surface area (Å²) < 4.78 is 48.0. The molecule has 0 saturated carbocycles. The molecule has 1 rings (SSSR count). The molecule has 102 valence electrons. The van der Waals surface area contributed by atoms with Crippen LogP contribution in [0.2, 0.25) is 0 Å². The van der Waals surface area contributed by atoms with E-state index in [1.165, 1.54) is 22.5 Å². The van der Waals surface area contributed by atoms with Gasteiger partial charge >= 0.3 is 0 Å². The normalized spacial score (nSPS) is 12.9. The van der Waals surface area contributed by atoms with Gasteiger partial charge in [0, 0.05) is 13.1 Å². The van der Waals surface area contributed by atoms with E-state index in [1.54, 1.807) is 13.8 Å². The zero-order chi connectivity index (χ0) is 14.0. The van der Waals surface area contributed by atoms with Crippen LogP contribution >= 0.6 is 0 Å². The molecule has 0 saturated heterocycles. The van der Waals surface area contributed by atoms with Crippen LogP contribution in [0.5, 0.6) is 0 Å². The summed E-state index contributed by atoms with van der Waals surface area (Å²) in [6, 6.07) is 5.04. The molecule has 0 radical (unpaired) electrons. The second-order valence-corrected chi connectivity index (χ2v) is 7.11. The van der Waals surface area contributed by atoms with Crippen molar-refractivity contribution < 1.29 is 16.8 Å². The van der Waals surface area contributed by atoms with Crippen LogP contribution in [-0.4, -0.2) is 34.2 Å². The molecular formula is C10H16N2O4S2. The van der Waals surface area contributed by atoms with Crippen LogP contribution in [0.15, 0.2) is 34.1 Å². The molecule has 0 aliphatic rings. The Morgan fingerprint density at radius 2 is 1.56 bits per heavy atom. The Morgan fingerprint density at radius 1 is 1.06 bits per heavy atom. The highest BCUT2D eigenvalue weighted by molar-refractivity contribution is 7.90. The quantitative estimate of drug-likeness (QED) is 0.847. The topological polar surface area (TPSA) is 97.5 Å². The van der Waals surface area contributed by atoms with Crippen molar-refractivity contribution in [2.24, 2.45) is 5.14 Å². The van der Waals surface area contributed by atoms with Crippen LogP contribution in [0.1, 0.15) is 13.8 Å². The monoisotopic (exact) mass is 292 g/mol. The van der Waals surface area contributed by atoms with Crippen molar-refractivity contribution in [3.05, 3.63) is 24.3 Å². The highest BCUT2D eigenvalue weighted by Gasteiger charge is 2.22. The summed E-state index contributed by atoms with van der Waals surface area (Å²) >= 11 is 0. The Kier molecular flexibility index (Phi) is 4.49. The molecule has 18 heavy (non-hydrogen) atoms. The fourth-order valence-corrected chi connectivity index (χ4v) is 3.66. The molecular weight excluding hydrogens is 276 g/mol. The zero-order valence-electron chi connectivity index (χ0n) is 10.2. The molecule has 0 aliphatic heterocycles. The SMILES string of the molecule is CCN(CC)S(=O)(=O)c1cccc(S(N)(=O)=O)c1. The molecule has 6 nitrogen and oxygen atoms in total. The summed E-state index contributed by atoms with van der Waals surface area (Å²) in [6.45, 7) is 4.06. The second-order valence-electron chi connectivity index (χ2n) is 3.61. The first-order valence-electron chi connectivity index (χ1n) is 5.36. The summed E-state index contributed by atoms with van der Waals surface area (Å²) in [5.74, 6) is 0. The van der Waals surface area contributed by atoms with E-state index in [0.717, 1.165) is 6.07 Å². The summed E-state index contributed by atoms with van der Waals surface area (Å²) in [6.07, 6.45) is 0. The smallest absolute Gasteiger partial charge is 0.225 e. The van der Waals surface area contributed by atoms with E-state index >= 15 is 0 Å². The number of sulfonamides is 2. The molecule has 0 unspecified atom stereocenters. The van der Waals surface area contributed by atoms with Crippen molar-refractivity contribution >= 4 is 20.0 Å². The van der Waals surface area contributed by atoms with Gasteiger partial charge in [-0.25, -0.2) is 22.0 Å². The lowest BCUT2D eigenvalue weighted by Crippen LogP contribution is -2.30. The average molecular weight is 292 g/mol. The van der Waals surface area contributed by atoms with Gasteiger partial charge in [-0.05, 0) is 18.2 Å². The third kappa shape index (κ3) is 3.08. The predicted molar refractivity (Wildman–Crippen MR) is 67.9 cm³/mol. The molecule has 1 aromatic rings. The largest absolute Gasteiger partial charge is 0.243 e. The Balaban J connectivity index is 3.35. The maximum Gasteiger partial charge on any atom is 0.243 e. The van der Waals surface area contributed by atoms with E-state index in [0.29, 0.717) is 13.1 Å². The molecule has 0 aliphatic carbocycles. The van der Waals surface area contributed by atoms with Crippen LogP contribution in [0, 0.1) is 0 Å². The minimum absolute atomic E-state index is 0.0716. The van der Waals surface area contributed by atoms with E-state index in [1.807, 2.05) is 0 Å². The summed E-state index contributed by atoms with van der Waals surface area (Å²) in [4.78, 5) is -0.284. The Bertz CT molecular complexity index is 619. The zero-order valence-corrected chi connectivity index (χ0v) is 11.8. The number of nitrogens with zero attached hydrogens (tertiary/aromatic N) is 1. The summed E-state index contributed by atoms with van der Waals surface area (Å²) in [5, 5.41) is 4.97. The van der Waals surface area contributed by atoms with Crippen molar-refractivity contribution in [3.63, 3.8) is 0 Å². The standard InChI is InChI=1S/C10H16N2O4S2/c1-3-12(4-2)18(15,16)10-7-5-6-9(8-10)17(11,13)14/h5-8H,3-4H2,1-2H3,(H2,11,13,14). The van der Waals surface area contributed by atoms with Gasteiger partial charge < -0.3 is 0 Å². The fraction of sp³-hybridized carbons (Fsp3) is 0.400. The van der Waals surface area contributed by atoms with Crippen LogP contribution in [0.4, 0.5) is 0 Å². The van der Waals surface area contributed by atoms with E-state index in [2.05, 4.69) is 0 Å². The lowest BCUT2D eigenvalue weighted by Gasteiger charge is -2.18. The van der Waals surface area contributed by atoms with Crippen LogP contribution in [0.3, 0.4) is 0 Å². The third-order valence-electron chi connectivity index (χ3n) is 2.48. The van der Waals surface area contributed by atoms with Gasteiger partial charge in [0.1, 0.15) is 0 Å². The van der Waals surface area contributed by atoms with Gasteiger partial charge in [0.05, 0.1) is 9.79 Å². The molecule has 0 fully saturated rings. The number of hydrogen-bond acceptors (Lipinski definition) is 4. The van der Waals surface area contributed by atoms with E-state index in [4.69, 9.17) is 5.14 Å². The summed E-state index contributed by atoms with van der Waals surface area (Å²) in [7, 11) is -7.58. The lowest BCUT2D eigenvalue weighted by molar-refractivity contribution is 0.445. The molecule has 8 heteroatoms. The van der Waals surface area contributed by atoms with Gasteiger partial charge in [-0.3, -0.25) is 0 Å². The first kappa shape index (κ1) is 15.1. The molecule has 0 spiro atoms. The molecule has 0 atom stereocenters. The number of rotatable bonds is 5. The Hall–Kier alpha value is -0.960. The van der Waals surface area contributed by atoms with Crippen molar-refractivity contribution in [2.75, 3.05) is 13.1 Å². The van der Waals surface area contributed by atoms with Crippen molar-refractivity contribution in [1.82, 2.24) is 4.31 Å². The molecule has 0 amide bonds. The van der Waals surface area contributed by atoms with Crippen molar-refractivity contribution in [3.8, 4) is 0 Å². The van der Waals surface area contributed by atoms with E-state index in [-0.39, 0.29) is 9.79 Å². The van der Waals surface area contributed by atoms with Gasteiger partial charge in [-0.15, -0.1) is 0 Å². The third-order valence-corrected chi connectivity index (χ3v) is 5.43. The van der Waals surface area contributed by atoms with E-state index in [9.17, 15) is 16.8 Å². The number of primary sulfonamides is 1. The van der Waals surface area contributed by atoms with Crippen molar-refractivity contribution in [2.45, 2.75) is 23.6 Å². The number of nitrogens with two attached hydrogens (primary N) is 1. The van der Waals surface area contributed by atoms with Gasteiger partial charge in [-0.1, -0.05) is 19.9 Å². The second kappa shape index (κ2) is 5.35. The molecule has 2 N–H and O–H groups in total. The average Bonchev–Trinajstić information content (AvgIpc) is 2.29. The maximum atomic E-state index is 12.2. The number of hydrogen-bond donors (Lipinski definition) is 1. The maximum absolute atomic E-state index is 12.2. The molecule has 1 aromatic carbocycles. The minimum atomic E-state index is -3.91. The molecule has 0 heterocycles. The Labute approximate surface area is 108 Å². The van der Waals surface area contributed by atoms with Crippen LogP contribution in [-0.2, 0) is 20.0 Å². The highest BCUT2D eigenvalue weighted by Crippen LogP contribution is 2.18. The first-order chi connectivity index (χ1) is 8.23. The highest BCUT2D eigenvalue weighted by atomic mass is 32.2. The van der Waals surface area contributed by atoms with Crippen LogP contribution in [0.25, 0.3) is 0 Å². The van der Waals surface area contributed by atoms with Crippen LogP contribution < -0.4 is 5.14 Å². The van der Waals surface area contributed by atoms with E-state index < -0.39 is 20.0 Å². The van der Waals surface area contributed by atoms with Gasteiger partial charge in [0.15, 0.2) is 0 Å².